The highest BCUT2D eigenvalue weighted by atomic mass is 19.4. The molecule has 4 aromatic rings. The standard InChI is InChI=1S/C24H19F5N6O4/c25-20(26)11-39-18-6-17-16(5-12(18)8-30)32-21(33-17)7-15-13-3-1-2-4-14(13)23(38)35(34-15)10-22(37)31-9-19(36)24(27,28)29/h1-6,19-20,36H,7,9-11H2,(H,31,37)(H,32,33). The van der Waals surface area contributed by atoms with Crippen molar-refractivity contribution in [3.63, 3.8) is 0 Å². The summed E-state index contributed by atoms with van der Waals surface area (Å²) in [7, 11) is 0. The van der Waals surface area contributed by atoms with E-state index in [0.717, 1.165) is 4.68 Å². The number of nitrogens with one attached hydrogen (secondary N) is 2. The molecular weight excluding hydrogens is 531 g/mol. The second-order valence-corrected chi connectivity index (χ2v) is 8.36. The van der Waals surface area contributed by atoms with E-state index in [1.165, 1.54) is 18.2 Å². The maximum atomic E-state index is 12.9. The van der Waals surface area contributed by atoms with Crippen LogP contribution in [0.1, 0.15) is 17.1 Å². The molecule has 3 N–H and O–H groups in total. The van der Waals surface area contributed by atoms with E-state index in [1.807, 2.05) is 11.4 Å². The zero-order valence-electron chi connectivity index (χ0n) is 19.8. The topological polar surface area (TPSA) is 146 Å². The van der Waals surface area contributed by atoms with Crippen molar-refractivity contribution < 1.29 is 36.6 Å². The van der Waals surface area contributed by atoms with Crippen molar-refractivity contribution in [2.24, 2.45) is 0 Å². The first kappa shape index (κ1) is 27.5. The summed E-state index contributed by atoms with van der Waals surface area (Å²) >= 11 is 0. The lowest BCUT2D eigenvalue weighted by Gasteiger charge is -2.15. The van der Waals surface area contributed by atoms with Gasteiger partial charge in [0, 0.05) is 11.5 Å². The van der Waals surface area contributed by atoms with Gasteiger partial charge < -0.3 is 20.1 Å². The van der Waals surface area contributed by atoms with Crippen molar-refractivity contribution in [1.29, 1.82) is 5.26 Å². The predicted octanol–water partition coefficient (Wildman–Crippen LogP) is 2.42. The molecule has 0 saturated carbocycles. The van der Waals surface area contributed by atoms with Crippen LogP contribution >= 0.6 is 0 Å². The molecule has 0 radical (unpaired) electrons. The number of aromatic amines is 1. The maximum Gasteiger partial charge on any atom is 0.416 e. The highest BCUT2D eigenvalue weighted by Crippen LogP contribution is 2.26. The van der Waals surface area contributed by atoms with Crippen LogP contribution in [0, 0.1) is 11.3 Å². The summed E-state index contributed by atoms with van der Waals surface area (Å²) in [6.45, 7) is -2.71. The molecule has 0 bridgehead atoms. The van der Waals surface area contributed by atoms with Gasteiger partial charge in [-0.1, -0.05) is 18.2 Å². The zero-order chi connectivity index (χ0) is 28.3. The Morgan fingerprint density at radius 1 is 1.23 bits per heavy atom. The van der Waals surface area contributed by atoms with Crippen molar-refractivity contribution in [1.82, 2.24) is 25.1 Å². The average molecular weight is 550 g/mol. The number of alkyl halides is 5. The number of imidazole rings is 1. The maximum absolute atomic E-state index is 12.9. The molecule has 1 amide bonds. The third kappa shape index (κ3) is 6.29. The molecule has 204 valence electrons. The van der Waals surface area contributed by atoms with Crippen LogP contribution in [-0.2, 0) is 17.8 Å². The normalized spacial score (nSPS) is 12.6. The number of hydrogen-bond donors (Lipinski definition) is 3. The van der Waals surface area contributed by atoms with Gasteiger partial charge in [-0.15, -0.1) is 0 Å². The monoisotopic (exact) mass is 550 g/mol. The number of hydrogen-bond acceptors (Lipinski definition) is 7. The van der Waals surface area contributed by atoms with Crippen molar-refractivity contribution in [2.75, 3.05) is 13.2 Å². The smallest absolute Gasteiger partial charge is 0.416 e. The summed E-state index contributed by atoms with van der Waals surface area (Å²) in [6, 6.07) is 10.9. The van der Waals surface area contributed by atoms with Gasteiger partial charge in [-0.25, -0.2) is 18.4 Å². The number of amides is 1. The Labute approximate surface area is 215 Å². The van der Waals surface area contributed by atoms with Crippen LogP contribution in [0.3, 0.4) is 0 Å². The van der Waals surface area contributed by atoms with Gasteiger partial charge in [0.15, 0.2) is 6.10 Å². The molecule has 2 aromatic carbocycles. The highest BCUT2D eigenvalue weighted by molar-refractivity contribution is 5.85. The minimum absolute atomic E-state index is 0.0000202. The van der Waals surface area contributed by atoms with Gasteiger partial charge in [0.1, 0.15) is 30.8 Å². The summed E-state index contributed by atoms with van der Waals surface area (Å²) in [5.74, 6) is -0.710. The number of aliphatic hydroxyl groups is 1. The van der Waals surface area contributed by atoms with Crippen LogP contribution in [0.25, 0.3) is 21.8 Å². The Balaban J connectivity index is 1.64. The Kier molecular flexibility index (Phi) is 7.77. The summed E-state index contributed by atoms with van der Waals surface area (Å²) in [5.41, 5.74) is 0.353. The minimum Gasteiger partial charge on any atom is -0.486 e. The van der Waals surface area contributed by atoms with Crippen LogP contribution in [0.2, 0.25) is 0 Å². The molecule has 0 aliphatic heterocycles. The van der Waals surface area contributed by atoms with Crippen molar-refractivity contribution in [3.8, 4) is 11.8 Å². The Morgan fingerprint density at radius 2 is 1.95 bits per heavy atom. The Morgan fingerprint density at radius 3 is 2.62 bits per heavy atom. The van der Waals surface area contributed by atoms with E-state index in [-0.39, 0.29) is 23.1 Å². The summed E-state index contributed by atoms with van der Waals surface area (Å²) in [6.07, 6.45) is -10.4. The number of rotatable bonds is 9. The van der Waals surface area contributed by atoms with Gasteiger partial charge in [0.25, 0.3) is 12.0 Å². The van der Waals surface area contributed by atoms with E-state index in [9.17, 15) is 36.8 Å². The molecular formula is C24H19F5N6O4. The van der Waals surface area contributed by atoms with Gasteiger partial charge in [0.2, 0.25) is 5.91 Å². The Hall–Kier alpha value is -4.58. The third-order valence-electron chi connectivity index (χ3n) is 5.56. The summed E-state index contributed by atoms with van der Waals surface area (Å²) in [4.78, 5) is 32.5. The van der Waals surface area contributed by atoms with Crippen LogP contribution in [-0.4, -0.2) is 62.6 Å². The number of halogens is 5. The molecule has 2 heterocycles. The number of fused-ring (bicyclic) bond motifs is 2. The first-order chi connectivity index (χ1) is 18.5. The van der Waals surface area contributed by atoms with Crippen LogP contribution in [0.5, 0.6) is 5.75 Å². The molecule has 15 heteroatoms. The molecule has 0 fully saturated rings. The van der Waals surface area contributed by atoms with E-state index in [2.05, 4.69) is 15.1 Å². The number of nitrogens with zero attached hydrogens (tertiary/aromatic N) is 4. The largest absolute Gasteiger partial charge is 0.486 e. The number of carbonyl (C=O) groups is 1. The van der Waals surface area contributed by atoms with Crippen molar-refractivity contribution >= 4 is 27.7 Å². The minimum atomic E-state index is -4.92. The van der Waals surface area contributed by atoms with Crippen LogP contribution in [0.4, 0.5) is 22.0 Å². The first-order valence-corrected chi connectivity index (χ1v) is 11.3. The third-order valence-corrected chi connectivity index (χ3v) is 5.56. The molecule has 4 rings (SSSR count). The predicted molar refractivity (Wildman–Crippen MR) is 126 cm³/mol. The van der Waals surface area contributed by atoms with E-state index >= 15 is 0 Å². The zero-order valence-corrected chi connectivity index (χ0v) is 19.8. The Bertz CT molecular complexity index is 1630. The fraction of sp³-hybridized carbons (Fsp3) is 0.292. The lowest BCUT2D eigenvalue weighted by molar-refractivity contribution is -0.201. The molecule has 10 nitrogen and oxygen atoms in total. The van der Waals surface area contributed by atoms with Gasteiger partial charge in [-0.3, -0.25) is 9.59 Å². The average Bonchev–Trinajstić information content (AvgIpc) is 3.28. The van der Waals surface area contributed by atoms with Crippen molar-refractivity contribution in [2.45, 2.75) is 31.7 Å². The molecule has 0 aliphatic rings. The van der Waals surface area contributed by atoms with Crippen LogP contribution < -0.4 is 15.6 Å². The van der Waals surface area contributed by atoms with Gasteiger partial charge in [-0.2, -0.15) is 23.5 Å². The molecule has 1 unspecified atom stereocenters. The van der Waals surface area contributed by atoms with Crippen LogP contribution in [0.15, 0.2) is 41.2 Å². The van der Waals surface area contributed by atoms with Crippen molar-refractivity contribution in [3.05, 3.63) is 63.8 Å². The second kappa shape index (κ2) is 11.0. The molecule has 0 aliphatic carbocycles. The fourth-order valence-electron chi connectivity index (χ4n) is 3.75. The van der Waals surface area contributed by atoms with Gasteiger partial charge in [-0.05, 0) is 12.1 Å². The lowest BCUT2D eigenvalue weighted by Crippen LogP contribution is -2.42. The van der Waals surface area contributed by atoms with E-state index in [1.54, 1.807) is 18.2 Å². The fourth-order valence-corrected chi connectivity index (χ4v) is 3.75. The van der Waals surface area contributed by atoms with E-state index in [4.69, 9.17) is 9.84 Å². The molecule has 39 heavy (non-hydrogen) atoms. The number of aromatic nitrogens is 4. The SMILES string of the molecule is N#Cc1cc2nc(Cc3nn(CC(=O)NCC(O)C(F)(F)F)c(=O)c4ccccc34)[nH]c2cc1OCC(F)F. The lowest BCUT2D eigenvalue weighted by atomic mass is 10.1. The van der Waals surface area contributed by atoms with Gasteiger partial charge in [0.05, 0.1) is 40.6 Å². The number of ether oxygens (including phenoxy) is 1. The number of nitriles is 1. The number of benzene rings is 2. The molecule has 0 spiro atoms. The summed E-state index contributed by atoms with van der Waals surface area (Å²) in [5, 5.41) is 25.2. The first-order valence-electron chi connectivity index (χ1n) is 11.3. The molecule has 0 saturated heterocycles. The number of H-pyrrole nitrogens is 1. The second-order valence-electron chi connectivity index (χ2n) is 8.36. The molecule has 2 aromatic heterocycles. The van der Waals surface area contributed by atoms with E-state index in [0.29, 0.717) is 27.9 Å². The highest BCUT2D eigenvalue weighted by Gasteiger charge is 2.38. The molecule has 1 atom stereocenters. The quantitative estimate of drug-likeness (QED) is 0.271. The summed E-state index contributed by atoms with van der Waals surface area (Å²) < 4.78 is 68.5. The van der Waals surface area contributed by atoms with E-state index < -0.39 is 49.9 Å². The van der Waals surface area contributed by atoms with Gasteiger partial charge >= 0.3 is 6.18 Å². The number of carbonyl (C=O) groups excluding carboxylic acids is 1. The number of aliphatic hydroxyl groups excluding tert-OH is 1.